The number of ketones is 2. The highest BCUT2D eigenvalue weighted by Gasteiger charge is 2.63. The van der Waals surface area contributed by atoms with Crippen LogP contribution >= 0.6 is 0 Å². The third-order valence-electron chi connectivity index (χ3n) is 9.00. The molecule has 0 amide bonds. The van der Waals surface area contributed by atoms with Gasteiger partial charge in [0.15, 0.2) is 0 Å². The summed E-state index contributed by atoms with van der Waals surface area (Å²) in [4.78, 5) is 29.6. The summed E-state index contributed by atoms with van der Waals surface area (Å²) < 4.78 is 53.4. The lowest BCUT2D eigenvalue weighted by atomic mass is 9.88. The second-order valence-electron chi connectivity index (χ2n) is 11.9. The van der Waals surface area contributed by atoms with Crippen molar-refractivity contribution >= 4 is 22.7 Å². The summed E-state index contributed by atoms with van der Waals surface area (Å²) in [6.07, 6.45) is 2.59. The van der Waals surface area contributed by atoms with Gasteiger partial charge in [-0.05, 0) is 92.5 Å². The van der Waals surface area contributed by atoms with E-state index in [2.05, 4.69) is 11.1 Å². The molecule has 8 heteroatoms. The number of alkyl halides is 4. The number of pyridine rings is 1. The van der Waals surface area contributed by atoms with Crippen molar-refractivity contribution in [1.82, 2.24) is 4.98 Å². The number of carbonyl (C=O) groups is 2. The summed E-state index contributed by atoms with van der Waals surface area (Å²) in [7, 11) is 0. The van der Waals surface area contributed by atoms with Crippen LogP contribution in [0.2, 0.25) is 0 Å². The molecule has 0 spiro atoms. The van der Waals surface area contributed by atoms with Crippen LogP contribution in [-0.4, -0.2) is 28.4 Å². The van der Waals surface area contributed by atoms with Crippen LogP contribution in [0.15, 0.2) is 54.3 Å². The molecule has 4 atom stereocenters. The van der Waals surface area contributed by atoms with Gasteiger partial charge >= 0.3 is 6.18 Å². The maximum absolute atomic E-state index is 15.1. The van der Waals surface area contributed by atoms with Crippen molar-refractivity contribution in [2.45, 2.75) is 78.6 Å². The molecule has 4 nitrogen and oxygen atoms in total. The highest BCUT2D eigenvalue weighted by Crippen LogP contribution is 2.61. The molecule has 0 saturated heterocycles. The van der Waals surface area contributed by atoms with Gasteiger partial charge in [0, 0.05) is 30.0 Å². The lowest BCUT2D eigenvalue weighted by Gasteiger charge is -2.17. The van der Waals surface area contributed by atoms with Crippen LogP contribution < -0.4 is 0 Å². The quantitative estimate of drug-likeness (QED) is 0.113. The Kier molecular flexibility index (Phi) is 9.24. The van der Waals surface area contributed by atoms with Gasteiger partial charge in [-0.2, -0.15) is 18.4 Å². The topological polar surface area (TPSA) is 70.8 Å². The Labute approximate surface area is 250 Å². The van der Waals surface area contributed by atoms with E-state index in [1.165, 1.54) is 12.3 Å². The summed E-state index contributed by atoms with van der Waals surface area (Å²) in [5, 5.41) is 10.4. The van der Waals surface area contributed by atoms with E-state index in [4.69, 9.17) is 0 Å². The zero-order chi connectivity index (χ0) is 31.7. The average molecular weight is 593 g/mol. The fourth-order valence-electron chi connectivity index (χ4n) is 5.95. The van der Waals surface area contributed by atoms with Gasteiger partial charge in [-0.3, -0.25) is 14.6 Å². The van der Waals surface area contributed by atoms with Gasteiger partial charge in [-0.25, -0.2) is 4.39 Å². The molecule has 1 aromatic carbocycles. The maximum atomic E-state index is 15.1. The Morgan fingerprint density at radius 2 is 1.79 bits per heavy atom. The van der Waals surface area contributed by atoms with Gasteiger partial charge in [0.1, 0.15) is 11.7 Å². The van der Waals surface area contributed by atoms with Crippen molar-refractivity contribution < 1.29 is 27.2 Å². The first-order chi connectivity index (χ1) is 20.2. The number of fused-ring (bicyclic) bond motifs is 1. The minimum Gasteiger partial charge on any atom is -0.290 e. The van der Waals surface area contributed by atoms with Crippen LogP contribution in [-0.2, 0) is 4.79 Å². The molecule has 4 unspecified atom stereocenters. The summed E-state index contributed by atoms with van der Waals surface area (Å²) in [5.74, 6) is -3.43. The Bertz CT molecular complexity index is 1560. The number of rotatable bonds is 11. The van der Waals surface area contributed by atoms with Crippen LogP contribution in [0.1, 0.15) is 84.3 Å². The minimum atomic E-state index is -4.34. The van der Waals surface area contributed by atoms with Crippen LogP contribution in [0, 0.1) is 49.9 Å². The molecule has 226 valence electrons. The van der Waals surface area contributed by atoms with E-state index in [1.807, 2.05) is 45.9 Å². The molecule has 1 saturated carbocycles. The van der Waals surface area contributed by atoms with E-state index < -0.39 is 29.3 Å². The number of hydrogen-bond donors (Lipinski definition) is 0. The molecule has 2 aliphatic carbocycles. The lowest BCUT2D eigenvalue weighted by molar-refractivity contribution is -0.171. The molecule has 0 radical (unpaired) electrons. The number of Topliss-reactive ketones (excluding diaryl/α,β-unsaturated/α-hetero) is 2. The van der Waals surface area contributed by atoms with Crippen LogP contribution in [0.25, 0.3) is 11.1 Å². The number of aromatic nitrogens is 1. The van der Waals surface area contributed by atoms with E-state index in [9.17, 15) is 28.0 Å². The smallest absolute Gasteiger partial charge is 0.290 e. The fraction of sp³-hybridized carbons (Fsp3) is 0.429. The fourth-order valence-corrected chi connectivity index (χ4v) is 5.95. The molecular weight excluding hydrogens is 556 g/mol. The van der Waals surface area contributed by atoms with Crippen LogP contribution in [0.5, 0.6) is 0 Å². The number of hydrogen-bond acceptors (Lipinski definition) is 4. The summed E-state index contributed by atoms with van der Waals surface area (Å²) in [6.45, 7) is 8.85. The first-order valence-electron chi connectivity index (χ1n) is 14.6. The first kappa shape index (κ1) is 32.1. The Morgan fingerprint density at radius 1 is 1.09 bits per heavy atom. The lowest BCUT2D eigenvalue weighted by Crippen LogP contribution is -2.20. The number of allylic oxidation sites excluding steroid dienone is 6. The van der Waals surface area contributed by atoms with E-state index in [0.29, 0.717) is 29.7 Å². The Hall–Kier alpha value is -3.86. The Morgan fingerprint density at radius 3 is 2.42 bits per heavy atom. The van der Waals surface area contributed by atoms with Gasteiger partial charge in [0.25, 0.3) is 0 Å². The van der Waals surface area contributed by atoms with Gasteiger partial charge in [-0.1, -0.05) is 43.7 Å². The SMILES string of the molecule is Cc1cc(C)c(C(C#N)=C(CCC2=CC=CC3(F)C(C)C23)c2ccc(C(=O)C(=O)CCCC(C)C(F)(F)F)cn2)cc1C. The molecule has 2 aliphatic rings. The van der Waals surface area contributed by atoms with Gasteiger partial charge in [0.2, 0.25) is 11.6 Å². The molecule has 1 heterocycles. The molecule has 1 fully saturated rings. The van der Waals surface area contributed by atoms with Crippen molar-refractivity contribution in [2.75, 3.05) is 0 Å². The van der Waals surface area contributed by atoms with Crippen molar-refractivity contribution in [3.05, 3.63) is 87.8 Å². The van der Waals surface area contributed by atoms with E-state index in [-0.39, 0.29) is 36.7 Å². The Balaban J connectivity index is 1.61. The van der Waals surface area contributed by atoms with Crippen molar-refractivity contribution in [1.29, 1.82) is 5.26 Å². The van der Waals surface area contributed by atoms with E-state index >= 15 is 4.39 Å². The third kappa shape index (κ3) is 6.71. The number of aryl methyl sites for hydroxylation is 3. The molecule has 2 aromatic rings. The van der Waals surface area contributed by atoms with Gasteiger partial charge in [0.05, 0.1) is 17.2 Å². The number of nitrogens with zero attached hydrogens (tertiary/aromatic N) is 2. The van der Waals surface area contributed by atoms with Gasteiger partial charge in [-0.15, -0.1) is 0 Å². The zero-order valence-electron chi connectivity index (χ0n) is 25.1. The highest BCUT2D eigenvalue weighted by molar-refractivity contribution is 6.43. The number of carbonyl (C=O) groups excluding carboxylic acids is 2. The number of benzene rings is 1. The zero-order valence-corrected chi connectivity index (χ0v) is 25.1. The van der Waals surface area contributed by atoms with Crippen LogP contribution in [0.4, 0.5) is 17.6 Å². The summed E-state index contributed by atoms with van der Waals surface area (Å²) >= 11 is 0. The number of nitriles is 1. The number of halogens is 4. The normalized spacial score (nSPS) is 22.2. The minimum absolute atomic E-state index is 0.0342. The molecule has 0 bridgehead atoms. The molecule has 4 rings (SSSR count). The predicted octanol–water partition coefficient (Wildman–Crippen LogP) is 8.81. The molecule has 0 N–H and O–H groups in total. The molecule has 0 aliphatic heterocycles. The standard InChI is InChI=1S/C35H36F4N2O2/c1-20-16-22(3)28(17-21(20)2)29(18-40)27(13-11-25-9-7-15-34(36)24(5)32(25)34)30-14-12-26(19-41-30)33(43)31(42)10-6-8-23(4)35(37,38)39/h7,9,12,14-17,19,23-24,32H,6,8,10-11,13H2,1-5H3. The predicted molar refractivity (Wildman–Crippen MR) is 159 cm³/mol. The summed E-state index contributed by atoms with van der Waals surface area (Å²) in [5.41, 5.74) is 5.04. The second-order valence-corrected chi connectivity index (χ2v) is 11.9. The van der Waals surface area contributed by atoms with Crippen LogP contribution in [0.3, 0.4) is 0 Å². The van der Waals surface area contributed by atoms with Crippen molar-refractivity contribution in [3.8, 4) is 6.07 Å². The third-order valence-corrected chi connectivity index (χ3v) is 9.00. The highest BCUT2D eigenvalue weighted by atomic mass is 19.4. The maximum Gasteiger partial charge on any atom is 0.391 e. The first-order valence-corrected chi connectivity index (χ1v) is 14.6. The van der Waals surface area contributed by atoms with Crippen molar-refractivity contribution in [3.63, 3.8) is 0 Å². The average Bonchev–Trinajstić information content (AvgIpc) is 3.53. The summed E-state index contributed by atoms with van der Waals surface area (Å²) in [6, 6.07) is 9.40. The molecule has 1 aromatic heterocycles. The monoisotopic (exact) mass is 592 g/mol. The van der Waals surface area contributed by atoms with E-state index in [1.54, 1.807) is 18.2 Å². The molecular formula is C35H36F4N2O2. The van der Waals surface area contributed by atoms with E-state index in [0.717, 1.165) is 34.8 Å². The second kappa shape index (κ2) is 12.4. The molecule has 43 heavy (non-hydrogen) atoms. The largest absolute Gasteiger partial charge is 0.391 e. The van der Waals surface area contributed by atoms with Gasteiger partial charge < -0.3 is 0 Å². The van der Waals surface area contributed by atoms with Crippen molar-refractivity contribution in [2.24, 2.45) is 17.8 Å².